The summed E-state index contributed by atoms with van der Waals surface area (Å²) in [5, 5.41) is 18.8. The number of aryl methyl sites for hydroxylation is 1. The Morgan fingerprint density at radius 2 is 2.09 bits per heavy atom. The summed E-state index contributed by atoms with van der Waals surface area (Å²) in [5.41, 5.74) is 1.27. The van der Waals surface area contributed by atoms with E-state index in [1.165, 1.54) is 34.0 Å². The molecule has 1 aromatic rings. The Kier molecular flexibility index (Phi) is 4.70. The Morgan fingerprint density at radius 3 is 2.70 bits per heavy atom. The van der Waals surface area contributed by atoms with E-state index in [9.17, 15) is 19.8 Å². The highest BCUT2D eigenvalue weighted by Crippen LogP contribution is 2.53. The number of hydrogen-bond acceptors (Lipinski definition) is 5. The second-order valence-corrected chi connectivity index (χ2v) is 8.00. The Hall–Kier alpha value is -1.44. The minimum Gasteiger partial charge on any atom is -0.477 e. The van der Waals surface area contributed by atoms with Crippen molar-refractivity contribution in [3.8, 4) is 0 Å². The molecular weight excluding hydrogens is 334 g/mol. The number of carbonyl (C=O) groups excluding carboxylic acids is 1. The fraction of sp³-hybridized carbons (Fsp3) is 0.375. The molecule has 23 heavy (non-hydrogen) atoms. The number of carboxylic acid groups (broad SMARTS) is 1. The van der Waals surface area contributed by atoms with Crippen molar-refractivity contribution in [2.75, 3.05) is 5.75 Å². The third-order valence-electron chi connectivity index (χ3n) is 3.94. The van der Waals surface area contributed by atoms with Gasteiger partial charge in [0.15, 0.2) is 5.70 Å². The maximum absolute atomic E-state index is 12.1. The van der Waals surface area contributed by atoms with Crippen LogP contribution in [0.4, 0.5) is 0 Å². The number of fused-ring (bicyclic) bond motifs is 1. The van der Waals surface area contributed by atoms with Gasteiger partial charge in [-0.3, -0.25) is 9.69 Å². The molecule has 7 heteroatoms. The molecule has 2 N–H and O–H groups in total. The number of aliphatic hydroxyl groups excluding tert-OH is 1. The number of β-lactam (4-membered cyclic amide) rings is 1. The number of amides is 1. The molecule has 3 atom stereocenters. The number of thioether (sulfide) groups is 2. The summed E-state index contributed by atoms with van der Waals surface area (Å²) in [7, 11) is 0. The Balaban J connectivity index is 1.69. The molecule has 1 fully saturated rings. The van der Waals surface area contributed by atoms with Gasteiger partial charge in [-0.1, -0.05) is 42.1 Å². The van der Waals surface area contributed by atoms with Gasteiger partial charge in [-0.2, -0.15) is 0 Å². The van der Waals surface area contributed by atoms with Crippen LogP contribution in [0.3, 0.4) is 0 Å². The van der Waals surface area contributed by atoms with Crippen LogP contribution in [-0.2, 0) is 16.0 Å². The van der Waals surface area contributed by atoms with Crippen molar-refractivity contribution in [3.63, 3.8) is 0 Å². The zero-order chi connectivity index (χ0) is 16.6. The summed E-state index contributed by atoms with van der Waals surface area (Å²) in [6.07, 6.45) is 0.0703. The van der Waals surface area contributed by atoms with Gasteiger partial charge in [0.2, 0.25) is 5.91 Å². The standard InChI is InChI=1S/C16H17NO4S2/c1-9(18)11-13(19)17-12(15(20)21)16(23-14(11)17)22-8-7-10-5-3-2-4-6-10/h2-6,9,11,14,18H,7-8H2,1H3,(H,20,21)/t9-,11+,14+/m0/s1. The molecule has 2 aliphatic heterocycles. The van der Waals surface area contributed by atoms with Crippen molar-refractivity contribution in [2.24, 2.45) is 5.92 Å². The molecule has 122 valence electrons. The first kappa shape index (κ1) is 16.4. The van der Waals surface area contributed by atoms with Crippen molar-refractivity contribution in [1.82, 2.24) is 4.90 Å². The molecule has 1 aromatic carbocycles. The second kappa shape index (κ2) is 6.59. The highest BCUT2D eigenvalue weighted by atomic mass is 32.2. The van der Waals surface area contributed by atoms with E-state index in [0.29, 0.717) is 4.24 Å². The summed E-state index contributed by atoms with van der Waals surface area (Å²) in [5.74, 6) is -1.15. The van der Waals surface area contributed by atoms with E-state index in [4.69, 9.17) is 0 Å². The van der Waals surface area contributed by atoms with E-state index in [1.807, 2.05) is 30.3 Å². The van der Waals surface area contributed by atoms with Crippen LogP contribution in [0.25, 0.3) is 0 Å². The molecule has 1 amide bonds. The third-order valence-corrected chi connectivity index (χ3v) is 6.59. The quantitative estimate of drug-likeness (QED) is 0.765. The van der Waals surface area contributed by atoms with E-state index in [0.717, 1.165) is 12.2 Å². The number of carboxylic acids is 1. The van der Waals surface area contributed by atoms with Crippen molar-refractivity contribution in [1.29, 1.82) is 0 Å². The van der Waals surface area contributed by atoms with E-state index in [2.05, 4.69) is 0 Å². The number of carbonyl (C=O) groups is 2. The fourth-order valence-corrected chi connectivity index (χ4v) is 5.74. The number of nitrogens with zero attached hydrogens (tertiary/aromatic N) is 1. The van der Waals surface area contributed by atoms with Crippen molar-refractivity contribution >= 4 is 35.4 Å². The highest BCUT2D eigenvalue weighted by molar-refractivity contribution is 8.22. The van der Waals surface area contributed by atoms with Crippen LogP contribution >= 0.6 is 23.5 Å². The Labute approximate surface area is 142 Å². The molecule has 1 saturated heterocycles. The third kappa shape index (κ3) is 3.00. The van der Waals surface area contributed by atoms with Crippen LogP contribution in [0, 0.1) is 5.92 Å². The molecule has 0 saturated carbocycles. The molecule has 5 nitrogen and oxygen atoms in total. The lowest BCUT2D eigenvalue weighted by Gasteiger charge is -2.43. The molecule has 3 rings (SSSR count). The van der Waals surface area contributed by atoms with Crippen LogP contribution in [0.1, 0.15) is 12.5 Å². The van der Waals surface area contributed by atoms with Gasteiger partial charge < -0.3 is 10.2 Å². The smallest absolute Gasteiger partial charge is 0.354 e. The maximum atomic E-state index is 12.1. The van der Waals surface area contributed by atoms with Gasteiger partial charge in [-0.15, -0.1) is 11.8 Å². The van der Waals surface area contributed by atoms with Gasteiger partial charge in [0, 0.05) is 5.75 Å². The Morgan fingerprint density at radius 1 is 1.39 bits per heavy atom. The van der Waals surface area contributed by atoms with Crippen molar-refractivity contribution < 1.29 is 19.8 Å². The van der Waals surface area contributed by atoms with Crippen LogP contribution in [0.5, 0.6) is 0 Å². The molecule has 0 aliphatic carbocycles. The van der Waals surface area contributed by atoms with Crippen molar-refractivity contribution in [2.45, 2.75) is 24.8 Å². The predicted octanol–water partition coefficient (Wildman–Crippen LogP) is 2.13. The summed E-state index contributed by atoms with van der Waals surface area (Å²) in [4.78, 5) is 24.9. The average Bonchev–Trinajstić information content (AvgIpc) is 2.82. The van der Waals surface area contributed by atoms with E-state index < -0.39 is 18.0 Å². The lowest BCUT2D eigenvalue weighted by Crippen LogP contribution is -2.60. The highest BCUT2D eigenvalue weighted by Gasteiger charge is 2.57. The number of aliphatic carboxylic acids is 1. The number of aliphatic hydroxyl groups is 1. The molecule has 0 unspecified atom stereocenters. The van der Waals surface area contributed by atoms with Gasteiger partial charge in [0.25, 0.3) is 0 Å². The SMILES string of the molecule is C[C@H](O)[C@@H]1C(=O)N2C(C(=O)O)=C(SCCc3ccccc3)S[C@H]12. The average molecular weight is 351 g/mol. The monoisotopic (exact) mass is 351 g/mol. The van der Waals surface area contributed by atoms with Gasteiger partial charge in [0.05, 0.1) is 16.3 Å². The van der Waals surface area contributed by atoms with Crippen molar-refractivity contribution in [3.05, 3.63) is 45.8 Å². The molecule has 2 heterocycles. The molecular formula is C16H17NO4S2. The summed E-state index contributed by atoms with van der Waals surface area (Å²) >= 11 is 2.84. The molecule has 0 bridgehead atoms. The number of benzene rings is 1. The second-order valence-electron chi connectivity index (χ2n) is 5.51. The maximum Gasteiger partial charge on any atom is 0.354 e. The first-order chi connectivity index (χ1) is 11.0. The fourth-order valence-electron chi connectivity index (χ4n) is 2.76. The lowest BCUT2D eigenvalue weighted by molar-refractivity contribution is -0.156. The lowest BCUT2D eigenvalue weighted by atomic mass is 9.92. The van der Waals surface area contributed by atoms with Gasteiger partial charge in [-0.05, 0) is 18.9 Å². The van der Waals surface area contributed by atoms with Crippen LogP contribution in [-0.4, -0.2) is 44.2 Å². The van der Waals surface area contributed by atoms with Gasteiger partial charge in [0.1, 0.15) is 5.37 Å². The number of hydrogen-bond donors (Lipinski definition) is 2. The molecule has 0 radical (unpaired) electrons. The van der Waals surface area contributed by atoms with E-state index in [1.54, 1.807) is 6.92 Å². The first-order valence-electron chi connectivity index (χ1n) is 7.33. The molecule has 0 aromatic heterocycles. The normalized spacial score (nSPS) is 24.4. The summed E-state index contributed by atoms with van der Waals surface area (Å²) in [6, 6.07) is 9.99. The topological polar surface area (TPSA) is 77.8 Å². The minimum absolute atomic E-state index is 0.0694. The van der Waals surface area contributed by atoms with E-state index >= 15 is 0 Å². The van der Waals surface area contributed by atoms with Gasteiger partial charge in [-0.25, -0.2) is 4.79 Å². The number of rotatable bonds is 6. The predicted molar refractivity (Wildman–Crippen MR) is 90.7 cm³/mol. The zero-order valence-electron chi connectivity index (χ0n) is 12.5. The minimum atomic E-state index is -1.08. The largest absolute Gasteiger partial charge is 0.477 e. The van der Waals surface area contributed by atoms with Gasteiger partial charge >= 0.3 is 5.97 Å². The summed E-state index contributed by atoms with van der Waals surface area (Å²) < 4.78 is 0.662. The Bertz CT molecular complexity index is 659. The molecule has 2 aliphatic rings. The first-order valence-corrected chi connectivity index (χ1v) is 9.19. The van der Waals surface area contributed by atoms with E-state index in [-0.39, 0.29) is 17.0 Å². The molecule has 0 spiro atoms. The van der Waals surface area contributed by atoms with Crippen LogP contribution in [0.2, 0.25) is 0 Å². The van der Waals surface area contributed by atoms with Crippen LogP contribution < -0.4 is 0 Å². The van der Waals surface area contributed by atoms with Crippen LogP contribution in [0.15, 0.2) is 40.3 Å². The summed E-state index contributed by atoms with van der Waals surface area (Å²) in [6.45, 7) is 1.57. The zero-order valence-corrected chi connectivity index (χ0v) is 14.1.